The van der Waals surface area contributed by atoms with E-state index in [9.17, 15) is 20.1 Å². The Morgan fingerprint density at radius 3 is 2.73 bits per heavy atom. The number of carbonyl (C=O) groups is 1. The van der Waals surface area contributed by atoms with E-state index in [1.807, 2.05) is 44.3 Å². The Kier molecular flexibility index (Phi) is 6.06. The molecule has 4 rings (SSSR count). The molecule has 1 unspecified atom stereocenters. The molecule has 12 heteroatoms. The minimum Gasteiger partial charge on any atom is -0.361 e. The third-order valence-corrected chi connectivity index (χ3v) is 6.64. The summed E-state index contributed by atoms with van der Waals surface area (Å²) in [5, 5.41) is 31.6. The van der Waals surface area contributed by atoms with Crippen molar-refractivity contribution >= 4 is 62.8 Å². The van der Waals surface area contributed by atoms with Gasteiger partial charge in [-0.1, -0.05) is 42.2 Å². The average Bonchev–Trinajstić information content (AvgIpc) is 3.28. The van der Waals surface area contributed by atoms with Gasteiger partial charge >= 0.3 is 6.03 Å². The van der Waals surface area contributed by atoms with E-state index in [0.717, 1.165) is 16.5 Å². The second kappa shape index (κ2) is 8.81. The van der Waals surface area contributed by atoms with Gasteiger partial charge in [0.25, 0.3) is 5.69 Å². The second-order valence-electron chi connectivity index (χ2n) is 7.80. The number of hydroxylamine groups is 2. The first-order valence-electron chi connectivity index (χ1n) is 9.83. The lowest BCUT2D eigenvalue weighted by atomic mass is 10.1. The number of thioether (sulfide) groups is 1. The van der Waals surface area contributed by atoms with Crippen LogP contribution in [0.25, 0.3) is 10.9 Å². The molecule has 33 heavy (non-hydrogen) atoms. The number of hydrazone groups is 1. The topological polar surface area (TPSA) is 127 Å². The van der Waals surface area contributed by atoms with Crippen molar-refractivity contribution < 1.29 is 14.9 Å². The van der Waals surface area contributed by atoms with Crippen LogP contribution in [-0.4, -0.2) is 52.7 Å². The van der Waals surface area contributed by atoms with E-state index in [2.05, 4.69) is 15.4 Å². The van der Waals surface area contributed by atoms with Crippen LogP contribution in [0.4, 0.5) is 16.2 Å². The Hall–Kier alpha value is -3.48. The predicted molar refractivity (Wildman–Crippen MR) is 132 cm³/mol. The van der Waals surface area contributed by atoms with Crippen molar-refractivity contribution in [2.45, 2.75) is 24.8 Å². The van der Waals surface area contributed by atoms with E-state index in [1.54, 1.807) is 6.21 Å². The van der Waals surface area contributed by atoms with Gasteiger partial charge in [0.1, 0.15) is 0 Å². The van der Waals surface area contributed by atoms with Gasteiger partial charge in [0.15, 0.2) is 10.5 Å². The molecular weight excluding hydrogens is 464 g/mol. The van der Waals surface area contributed by atoms with Crippen molar-refractivity contribution in [3.8, 4) is 0 Å². The van der Waals surface area contributed by atoms with Crippen LogP contribution in [0.1, 0.15) is 19.4 Å². The van der Waals surface area contributed by atoms with Crippen LogP contribution >= 0.6 is 24.0 Å². The van der Waals surface area contributed by atoms with Gasteiger partial charge in [-0.3, -0.25) is 15.3 Å². The first kappa shape index (κ1) is 22.7. The highest BCUT2D eigenvalue weighted by Crippen LogP contribution is 2.42. The van der Waals surface area contributed by atoms with E-state index in [-0.39, 0.29) is 5.69 Å². The number of nitrogens with zero attached hydrogens (tertiary/aromatic N) is 4. The van der Waals surface area contributed by atoms with E-state index in [0.29, 0.717) is 15.1 Å². The molecule has 1 saturated heterocycles. The number of nitro benzene ring substituents is 1. The van der Waals surface area contributed by atoms with Gasteiger partial charge < -0.3 is 10.3 Å². The average molecular weight is 485 g/mol. The molecule has 3 N–H and O–H groups in total. The summed E-state index contributed by atoms with van der Waals surface area (Å²) in [7, 11) is 0. The third kappa shape index (κ3) is 4.53. The molecule has 0 bridgehead atoms. The van der Waals surface area contributed by atoms with E-state index < -0.39 is 21.9 Å². The lowest BCUT2D eigenvalue weighted by Gasteiger charge is -2.34. The minimum absolute atomic E-state index is 0.106. The van der Waals surface area contributed by atoms with Gasteiger partial charge in [0.2, 0.25) is 0 Å². The number of aromatic amines is 1. The zero-order valence-electron chi connectivity index (χ0n) is 17.6. The fraction of sp³-hybridized carbons (Fsp3) is 0.190. The fourth-order valence-corrected chi connectivity index (χ4v) is 5.30. The quantitative estimate of drug-likeness (QED) is 0.156. The SMILES string of the molecule is CC1(C)SC(=S)N(N=Cc2c[nH]c3ccccc23)C1N(O)C(=O)Nc1ccc([N+](=O)[O-])cc1. The van der Waals surface area contributed by atoms with E-state index in [4.69, 9.17) is 12.2 Å². The van der Waals surface area contributed by atoms with E-state index >= 15 is 0 Å². The third-order valence-electron chi connectivity index (χ3n) is 5.10. The Morgan fingerprint density at radius 2 is 2.03 bits per heavy atom. The Balaban J connectivity index is 1.55. The molecular formula is C21H20N6O4S2. The maximum Gasteiger partial charge on any atom is 0.347 e. The molecule has 2 amide bonds. The normalized spacial score (nSPS) is 17.6. The number of non-ortho nitro benzene ring substituents is 1. The van der Waals surface area contributed by atoms with Crippen LogP contribution in [-0.2, 0) is 0 Å². The Bertz CT molecular complexity index is 1260. The van der Waals surface area contributed by atoms with Gasteiger partial charge in [-0.25, -0.2) is 9.80 Å². The number of anilines is 1. The summed E-state index contributed by atoms with van der Waals surface area (Å²) >= 11 is 6.78. The minimum atomic E-state index is -0.894. The van der Waals surface area contributed by atoms with Crippen LogP contribution in [0.2, 0.25) is 0 Å². The Labute approximate surface area is 198 Å². The van der Waals surface area contributed by atoms with Gasteiger partial charge in [-0.2, -0.15) is 10.2 Å². The molecule has 0 spiro atoms. The van der Waals surface area contributed by atoms with Crippen molar-refractivity contribution in [3.63, 3.8) is 0 Å². The van der Waals surface area contributed by atoms with Crippen molar-refractivity contribution in [1.29, 1.82) is 0 Å². The summed E-state index contributed by atoms with van der Waals surface area (Å²) in [6.07, 6.45) is 2.55. The number of H-pyrrole nitrogens is 1. The number of thiocarbonyl (C=S) groups is 1. The molecule has 1 fully saturated rings. The number of carbonyl (C=O) groups excluding carboxylic acids is 1. The number of urea groups is 1. The molecule has 0 saturated carbocycles. The van der Waals surface area contributed by atoms with Crippen LogP contribution < -0.4 is 5.32 Å². The number of amides is 2. The number of nitrogens with one attached hydrogen (secondary N) is 2. The number of fused-ring (bicyclic) bond motifs is 1. The number of aromatic nitrogens is 1. The van der Waals surface area contributed by atoms with E-state index in [1.165, 1.54) is 41.0 Å². The standard InChI is InChI=1S/C21H20N6O4S2/c1-21(2)18(26(29)19(28)24-14-7-9-15(10-8-14)27(30)31)25(20(32)33-21)23-12-13-11-22-17-6-4-3-5-16(13)17/h3-12,18,22,29H,1-2H3,(H,24,28). The molecule has 1 aliphatic rings. The zero-order chi connectivity index (χ0) is 23.8. The fourth-order valence-electron chi connectivity index (χ4n) is 3.51. The lowest BCUT2D eigenvalue weighted by molar-refractivity contribution is -0.384. The first-order valence-corrected chi connectivity index (χ1v) is 11.1. The highest BCUT2D eigenvalue weighted by atomic mass is 32.2. The first-order chi connectivity index (χ1) is 15.7. The zero-order valence-corrected chi connectivity index (χ0v) is 19.3. The number of hydrogen-bond donors (Lipinski definition) is 3. The maximum absolute atomic E-state index is 12.8. The highest BCUT2D eigenvalue weighted by molar-refractivity contribution is 8.24. The summed E-state index contributed by atoms with van der Waals surface area (Å²) in [6, 6.07) is 12.2. The molecule has 170 valence electrons. The second-order valence-corrected chi connectivity index (χ2v) is 10.1. The predicted octanol–water partition coefficient (Wildman–Crippen LogP) is 4.77. The van der Waals surface area contributed by atoms with Gasteiger partial charge in [-0.05, 0) is 32.0 Å². The molecule has 0 radical (unpaired) electrons. The molecule has 10 nitrogen and oxygen atoms in total. The van der Waals surface area contributed by atoms with Crippen LogP contribution in [0, 0.1) is 10.1 Å². The summed E-state index contributed by atoms with van der Waals surface area (Å²) in [5.41, 5.74) is 1.98. The van der Waals surface area contributed by atoms with Crippen LogP contribution in [0.5, 0.6) is 0 Å². The summed E-state index contributed by atoms with van der Waals surface area (Å²) in [4.78, 5) is 26.2. The summed E-state index contributed by atoms with van der Waals surface area (Å²) in [5.74, 6) is 0. The van der Waals surface area contributed by atoms with Gasteiger partial charge in [-0.15, -0.1) is 0 Å². The number of hydrogen-bond acceptors (Lipinski definition) is 7. The van der Waals surface area contributed by atoms with Crippen molar-refractivity contribution in [2.75, 3.05) is 5.32 Å². The molecule has 3 aromatic rings. The largest absolute Gasteiger partial charge is 0.361 e. The molecule has 2 aromatic carbocycles. The van der Waals surface area contributed by atoms with Crippen molar-refractivity contribution in [1.82, 2.24) is 15.1 Å². The lowest BCUT2D eigenvalue weighted by Crippen LogP contribution is -2.54. The summed E-state index contributed by atoms with van der Waals surface area (Å²) < 4.78 is -0.265. The number of nitro groups is 1. The van der Waals surface area contributed by atoms with Crippen LogP contribution in [0.3, 0.4) is 0 Å². The smallest absolute Gasteiger partial charge is 0.347 e. The molecule has 1 atom stereocenters. The van der Waals surface area contributed by atoms with Crippen molar-refractivity contribution in [3.05, 3.63) is 70.4 Å². The molecule has 0 aliphatic carbocycles. The van der Waals surface area contributed by atoms with Gasteiger partial charge in [0, 0.05) is 40.5 Å². The highest BCUT2D eigenvalue weighted by Gasteiger charge is 2.50. The maximum atomic E-state index is 12.8. The van der Waals surface area contributed by atoms with Crippen LogP contribution in [0.15, 0.2) is 59.8 Å². The Morgan fingerprint density at radius 1 is 1.33 bits per heavy atom. The summed E-state index contributed by atoms with van der Waals surface area (Å²) in [6.45, 7) is 3.69. The number of para-hydroxylation sites is 1. The molecule has 1 aromatic heterocycles. The molecule has 1 aliphatic heterocycles. The number of benzene rings is 2. The molecule has 2 heterocycles. The van der Waals surface area contributed by atoms with Gasteiger partial charge in [0.05, 0.1) is 15.9 Å². The van der Waals surface area contributed by atoms with Crippen molar-refractivity contribution in [2.24, 2.45) is 5.10 Å². The number of rotatable bonds is 5. The monoisotopic (exact) mass is 484 g/mol.